The van der Waals surface area contributed by atoms with Gasteiger partial charge in [0.2, 0.25) is 11.6 Å². The number of anilines is 1. The van der Waals surface area contributed by atoms with Crippen LogP contribution in [0.25, 0.3) is 22.4 Å². The SMILES string of the molecule is Cn1c(=O)c2c(CC(=O)Nc3nc(-c4ccc(OCC(F)(F)F)c(Cl)c4)cs3)coc2n(C)c1=O. The van der Waals surface area contributed by atoms with Crippen LogP contribution in [0.2, 0.25) is 5.02 Å². The fourth-order valence-corrected chi connectivity index (χ4v) is 4.26. The Balaban J connectivity index is 1.48. The van der Waals surface area contributed by atoms with Crippen LogP contribution in [0.15, 0.2) is 43.8 Å². The minimum Gasteiger partial charge on any atom is -0.483 e. The van der Waals surface area contributed by atoms with Crippen LogP contribution in [0, 0.1) is 0 Å². The van der Waals surface area contributed by atoms with Crippen molar-refractivity contribution >= 4 is 45.1 Å². The molecule has 0 atom stereocenters. The van der Waals surface area contributed by atoms with Gasteiger partial charge in [0.25, 0.3) is 5.56 Å². The fraction of sp³-hybridized carbons (Fsp3) is 0.238. The Hall–Kier alpha value is -3.58. The Morgan fingerprint density at radius 1 is 1.26 bits per heavy atom. The molecule has 0 aliphatic heterocycles. The van der Waals surface area contributed by atoms with E-state index < -0.39 is 29.9 Å². The van der Waals surface area contributed by atoms with Gasteiger partial charge in [0, 0.05) is 30.6 Å². The third-order valence-corrected chi connectivity index (χ3v) is 6.02. The Morgan fingerprint density at radius 2 is 2.00 bits per heavy atom. The van der Waals surface area contributed by atoms with Crippen molar-refractivity contribution in [2.24, 2.45) is 14.1 Å². The summed E-state index contributed by atoms with van der Waals surface area (Å²) in [5.74, 6) is -0.592. The molecule has 14 heteroatoms. The molecule has 0 aliphatic rings. The molecule has 1 N–H and O–H groups in total. The van der Waals surface area contributed by atoms with E-state index in [1.54, 1.807) is 5.38 Å². The van der Waals surface area contributed by atoms with E-state index in [9.17, 15) is 27.6 Å². The van der Waals surface area contributed by atoms with Crippen molar-refractivity contribution in [3.63, 3.8) is 0 Å². The van der Waals surface area contributed by atoms with Gasteiger partial charge in [-0.3, -0.25) is 18.7 Å². The predicted molar refractivity (Wildman–Crippen MR) is 123 cm³/mol. The molecule has 1 aromatic carbocycles. The van der Waals surface area contributed by atoms with Crippen LogP contribution in [-0.4, -0.2) is 32.8 Å². The van der Waals surface area contributed by atoms with Crippen molar-refractivity contribution < 1.29 is 27.1 Å². The van der Waals surface area contributed by atoms with E-state index in [1.165, 1.54) is 43.1 Å². The number of ether oxygens (including phenoxy) is 1. The van der Waals surface area contributed by atoms with Crippen molar-refractivity contribution in [2.45, 2.75) is 12.6 Å². The molecule has 0 spiro atoms. The maximum atomic E-state index is 12.6. The van der Waals surface area contributed by atoms with Gasteiger partial charge in [-0.1, -0.05) is 11.6 Å². The number of amides is 1. The molecule has 0 bridgehead atoms. The van der Waals surface area contributed by atoms with E-state index in [-0.39, 0.29) is 33.4 Å². The maximum Gasteiger partial charge on any atom is 0.422 e. The minimum atomic E-state index is -4.49. The first kappa shape index (κ1) is 24.5. The number of alkyl halides is 3. The number of furan rings is 1. The normalized spacial score (nSPS) is 11.7. The lowest BCUT2D eigenvalue weighted by atomic mass is 10.1. The molecule has 0 fully saturated rings. The van der Waals surface area contributed by atoms with Gasteiger partial charge in [-0.25, -0.2) is 9.78 Å². The van der Waals surface area contributed by atoms with Crippen molar-refractivity contribution in [2.75, 3.05) is 11.9 Å². The van der Waals surface area contributed by atoms with E-state index in [4.69, 9.17) is 16.0 Å². The largest absolute Gasteiger partial charge is 0.483 e. The van der Waals surface area contributed by atoms with Crippen molar-refractivity contribution in [3.8, 4) is 17.0 Å². The number of halogens is 4. The van der Waals surface area contributed by atoms with Crippen molar-refractivity contribution in [3.05, 3.63) is 61.3 Å². The number of benzene rings is 1. The van der Waals surface area contributed by atoms with Gasteiger partial charge in [0.1, 0.15) is 11.1 Å². The van der Waals surface area contributed by atoms with E-state index >= 15 is 0 Å². The van der Waals surface area contributed by atoms with Gasteiger partial charge in [-0.05, 0) is 18.2 Å². The standard InChI is InChI=1S/C21H16ClF3N4O5S/c1-28-17(31)16-11(7-33-18(16)29(2)20(28)32)6-15(30)27-19-26-13(8-35-19)10-3-4-14(12(22)5-10)34-9-21(23,24)25/h3-5,7-8H,6,9H2,1-2H3,(H,26,27,30). The van der Waals surface area contributed by atoms with Crippen LogP contribution in [0.3, 0.4) is 0 Å². The van der Waals surface area contributed by atoms with Crippen LogP contribution in [0.5, 0.6) is 5.75 Å². The summed E-state index contributed by atoms with van der Waals surface area (Å²) in [4.78, 5) is 41.4. The Kier molecular flexibility index (Phi) is 6.47. The highest BCUT2D eigenvalue weighted by molar-refractivity contribution is 7.14. The number of rotatable bonds is 6. The molecular weight excluding hydrogens is 513 g/mol. The fourth-order valence-electron chi connectivity index (χ4n) is 3.29. The molecule has 3 heterocycles. The first-order chi connectivity index (χ1) is 16.4. The molecule has 35 heavy (non-hydrogen) atoms. The number of nitrogens with zero attached hydrogens (tertiary/aromatic N) is 3. The number of carbonyl (C=O) groups excluding carboxylic acids is 1. The molecule has 184 valence electrons. The highest BCUT2D eigenvalue weighted by Gasteiger charge is 2.29. The molecule has 0 aliphatic carbocycles. The van der Waals surface area contributed by atoms with Gasteiger partial charge < -0.3 is 14.5 Å². The molecular formula is C21H16ClF3N4O5S. The average molecular weight is 529 g/mol. The summed E-state index contributed by atoms with van der Waals surface area (Å²) in [5.41, 5.74) is 0.200. The topological polar surface area (TPSA) is 108 Å². The van der Waals surface area contributed by atoms with Gasteiger partial charge >= 0.3 is 11.9 Å². The first-order valence-electron chi connectivity index (χ1n) is 9.85. The lowest BCUT2D eigenvalue weighted by Crippen LogP contribution is -2.36. The van der Waals surface area contributed by atoms with Gasteiger partial charge in [0.15, 0.2) is 11.7 Å². The second-order valence-electron chi connectivity index (χ2n) is 7.46. The number of nitrogens with one attached hydrogen (secondary N) is 1. The highest BCUT2D eigenvalue weighted by Crippen LogP contribution is 2.33. The molecule has 0 unspecified atom stereocenters. The molecule has 3 aromatic heterocycles. The van der Waals surface area contributed by atoms with E-state index in [0.29, 0.717) is 16.8 Å². The first-order valence-corrected chi connectivity index (χ1v) is 11.1. The number of aryl methyl sites for hydroxylation is 1. The van der Waals surface area contributed by atoms with E-state index in [2.05, 4.69) is 15.0 Å². The number of hydrogen-bond donors (Lipinski definition) is 1. The van der Waals surface area contributed by atoms with Gasteiger partial charge in [-0.15, -0.1) is 11.3 Å². The molecule has 4 rings (SSSR count). The second-order valence-corrected chi connectivity index (χ2v) is 8.72. The van der Waals surface area contributed by atoms with Crippen LogP contribution in [-0.2, 0) is 25.3 Å². The number of carbonyl (C=O) groups is 1. The minimum absolute atomic E-state index is 0.0202. The van der Waals surface area contributed by atoms with Crippen molar-refractivity contribution in [1.82, 2.24) is 14.1 Å². The Bertz CT molecular complexity index is 1550. The molecule has 1 amide bonds. The third-order valence-electron chi connectivity index (χ3n) is 4.97. The quantitative estimate of drug-likeness (QED) is 0.408. The molecule has 9 nitrogen and oxygen atoms in total. The monoisotopic (exact) mass is 528 g/mol. The summed E-state index contributed by atoms with van der Waals surface area (Å²) in [6.07, 6.45) is -3.44. The number of aromatic nitrogens is 3. The molecule has 0 radical (unpaired) electrons. The summed E-state index contributed by atoms with van der Waals surface area (Å²) in [6.45, 7) is -1.46. The van der Waals surface area contributed by atoms with Crippen LogP contribution in [0.4, 0.5) is 18.3 Å². The third kappa shape index (κ3) is 5.10. The summed E-state index contributed by atoms with van der Waals surface area (Å²) in [5, 5.41) is 4.63. The van der Waals surface area contributed by atoms with Crippen LogP contribution < -0.4 is 21.3 Å². The highest BCUT2D eigenvalue weighted by atomic mass is 35.5. The van der Waals surface area contributed by atoms with Crippen LogP contribution in [0.1, 0.15) is 5.56 Å². The summed E-state index contributed by atoms with van der Waals surface area (Å²) in [6, 6.07) is 4.21. The lowest BCUT2D eigenvalue weighted by Gasteiger charge is -2.11. The van der Waals surface area contributed by atoms with Gasteiger partial charge in [-0.2, -0.15) is 13.2 Å². The smallest absolute Gasteiger partial charge is 0.422 e. The zero-order valence-electron chi connectivity index (χ0n) is 18.1. The number of thiazole rings is 1. The Labute approximate surface area is 203 Å². The lowest BCUT2D eigenvalue weighted by molar-refractivity contribution is -0.153. The number of fused-ring (bicyclic) bond motifs is 1. The molecule has 0 saturated carbocycles. The Morgan fingerprint density at radius 3 is 2.69 bits per heavy atom. The maximum absolute atomic E-state index is 12.6. The van der Waals surface area contributed by atoms with E-state index in [0.717, 1.165) is 15.9 Å². The molecule has 0 saturated heterocycles. The van der Waals surface area contributed by atoms with Gasteiger partial charge in [0.05, 0.1) is 23.4 Å². The van der Waals surface area contributed by atoms with Crippen LogP contribution >= 0.6 is 22.9 Å². The predicted octanol–water partition coefficient (Wildman–Crippen LogP) is 3.73. The second kappa shape index (κ2) is 9.23. The van der Waals surface area contributed by atoms with E-state index in [1.807, 2.05) is 0 Å². The molecule has 4 aromatic rings. The number of hydrogen-bond acceptors (Lipinski definition) is 7. The van der Waals surface area contributed by atoms with Crippen molar-refractivity contribution in [1.29, 1.82) is 0 Å². The summed E-state index contributed by atoms with van der Waals surface area (Å²) >= 11 is 7.15. The summed E-state index contributed by atoms with van der Waals surface area (Å²) in [7, 11) is 2.79. The zero-order valence-corrected chi connectivity index (χ0v) is 19.7. The summed E-state index contributed by atoms with van der Waals surface area (Å²) < 4.78 is 49.2. The zero-order chi connectivity index (χ0) is 25.5. The average Bonchev–Trinajstić information content (AvgIpc) is 3.42.